The van der Waals surface area contributed by atoms with Crippen LogP contribution in [-0.4, -0.2) is 47.1 Å². The first-order valence-electron chi connectivity index (χ1n) is 6.94. The number of hydrogen-bond acceptors (Lipinski definition) is 4. The quantitative estimate of drug-likeness (QED) is 0.797. The Bertz CT molecular complexity index is 400. The van der Waals surface area contributed by atoms with Crippen molar-refractivity contribution in [2.45, 2.75) is 44.7 Å². The second kappa shape index (κ2) is 4.50. The number of rotatable bonds is 2. The summed E-state index contributed by atoms with van der Waals surface area (Å²) in [5, 5.41) is 0. The summed E-state index contributed by atoms with van der Waals surface area (Å²) in [6, 6.07) is 1.31. The van der Waals surface area contributed by atoms with Crippen LogP contribution in [0.2, 0.25) is 0 Å². The maximum Gasteiger partial charge on any atom is 0.130 e. The van der Waals surface area contributed by atoms with Crippen molar-refractivity contribution in [3.8, 4) is 0 Å². The zero-order valence-electron chi connectivity index (χ0n) is 11.5. The Balaban J connectivity index is 1.83. The van der Waals surface area contributed by atoms with E-state index in [0.717, 1.165) is 5.82 Å². The lowest BCUT2D eigenvalue weighted by atomic mass is 10.2. The van der Waals surface area contributed by atoms with Crippen molar-refractivity contribution in [2.75, 3.05) is 25.0 Å². The Morgan fingerprint density at radius 2 is 1.67 bits per heavy atom. The van der Waals surface area contributed by atoms with Crippen LogP contribution in [0, 0.1) is 0 Å². The van der Waals surface area contributed by atoms with Crippen LogP contribution in [-0.2, 0) is 0 Å². The van der Waals surface area contributed by atoms with E-state index in [1.807, 2.05) is 12.4 Å². The second-order valence-electron chi connectivity index (χ2n) is 5.97. The molecule has 3 heterocycles. The molecule has 2 aliphatic rings. The summed E-state index contributed by atoms with van der Waals surface area (Å²) in [7, 11) is 2.22. The maximum absolute atomic E-state index is 4.50. The van der Waals surface area contributed by atoms with Crippen molar-refractivity contribution in [1.82, 2.24) is 14.9 Å². The van der Waals surface area contributed by atoms with Gasteiger partial charge in [0.1, 0.15) is 5.82 Å². The van der Waals surface area contributed by atoms with Crippen LogP contribution in [0.15, 0.2) is 12.4 Å². The molecule has 2 unspecified atom stereocenters. The van der Waals surface area contributed by atoms with Crippen LogP contribution in [0.1, 0.15) is 38.4 Å². The lowest BCUT2D eigenvalue weighted by Gasteiger charge is -2.40. The van der Waals surface area contributed by atoms with Crippen molar-refractivity contribution < 1.29 is 0 Å². The lowest BCUT2D eigenvalue weighted by Crippen LogP contribution is -2.52. The summed E-state index contributed by atoms with van der Waals surface area (Å²) >= 11 is 0. The maximum atomic E-state index is 4.50. The van der Waals surface area contributed by atoms with Crippen molar-refractivity contribution in [2.24, 2.45) is 0 Å². The standard InChI is InChI=1S/C14H22N4/c1-10(2)14-15-6-13(7-16-14)18-11-4-5-12(18)9-17(3)8-11/h6-7,10-12H,4-5,8-9H2,1-3H3. The number of hydrogen-bond donors (Lipinski definition) is 0. The summed E-state index contributed by atoms with van der Waals surface area (Å²) in [5.74, 6) is 1.35. The monoisotopic (exact) mass is 246 g/mol. The minimum atomic E-state index is 0.406. The van der Waals surface area contributed by atoms with Gasteiger partial charge in [-0.15, -0.1) is 0 Å². The fraction of sp³-hybridized carbons (Fsp3) is 0.714. The van der Waals surface area contributed by atoms with E-state index in [1.165, 1.54) is 31.6 Å². The van der Waals surface area contributed by atoms with E-state index in [4.69, 9.17) is 0 Å². The highest BCUT2D eigenvalue weighted by Crippen LogP contribution is 2.33. The predicted molar refractivity (Wildman–Crippen MR) is 72.9 cm³/mol. The van der Waals surface area contributed by atoms with Crippen LogP contribution >= 0.6 is 0 Å². The van der Waals surface area contributed by atoms with E-state index >= 15 is 0 Å². The molecule has 0 spiro atoms. The van der Waals surface area contributed by atoms with Gasteiger partial charge in [0.2, 0.25) is 0 Å². The largest absolute Gasteiger partial charge is 0.360 e. The lowest BCUT2D eigenvalue weighted by molar-refractivity contribution is 0.264. The summed E-state index contributed by atoms with van der Waals surface area (Å²) < 4.78 is 0. The summed E-state index contributed by atoms with van der Waals surface area (Å²) in [4.78, 5) is 14.0. The van der Waals surface area contributed by atoms with E-state index in [2.05, 4.69) is 40.7 Å². The van der Waals surface area contributed by atoms with Crippen molar-refractivity contribution >= 4 is 5.69 Å². The Labute approximate surface area is 109 Å². The molecule has 18 heavy (non-hydrogen) atoms. The van der Waals surface area contributed by atoms with Crippen LogP contribution in [0.25, 0.3) is 0 Å². The van der Waals surface area contributed by atoms with Crippen molar-refractivity contribution in [1.29, 1.82) is 0 Å². The molecule has 2 saturated heterocycles. The number of nitrogens with zero attached hydrogens (tertiary/aromatic N) is 4. The normalized spacial score (nSPS) is 28.1. The third kappa shape index (κ3) is 1.99. The van der Waals surface area contributed by atoms with Gasteiger partial charge in [-0.05, 0) is 19.9 Å². The topological polar surface area (TPSA) is 32.3 Å². The first-order chi connectivity index (χ1) is 8.65. The van der Waals surface area contributed by atoms with Crippen LogP contribution in [0.5, 0.6) is 0 Å². The van der Waals surface area contributed by atoms with E-state index < -0.39 is 0 Å². The molecule has 0 N–H and O–H groups in total. The number of piperazine rings is 1. The minimum Gasteiger partial charge on any atom is -0.360 e. The third-order valence-corrected chi connectivity index (χ3v) is 4.14. The molecule has 4 heteroatoms. The van der Waals surface area contributed by atoms with E-state index in [1.54, 1.807) is 0 Å². The fourth-order valence-electron chi connectivity index (χ4n) is 3.30. The van der Waals surface area contributed by atoms with Gasteiger partial charge in [-0.2, -0.15) is 0 Å². The van der Waals surface area contributed by atoms with Crippen molar-refractivity contribution in [3.05, 3.63) is 18.2 Å². The molecule has 2 fully saturated rings. The average molecular weight is 246 g/mol. The van der Waals surface area contributed by atoms with Gasteiger partial charge in [0.25, 0.3) is 0 Å². The average Bonchev–Trinajstić information content (AvgIpc) is 2.62. The third-order valence-electron chi connectivity index (χ3n) is 4.14. The fourth-order valence-corrected chi connectivity index (χ4v) is 3.30. The smallest absolute Gasteiger partial charge is 0.130 e. The number of likely N-dealkylation sites (N-methyl/N-ethyl adjacent to an activating group) is 1. The molecule has 0 saturated carbocycles. The molecule has 3 rings (SSSR count). The van der Waals surface area contributed by atoms with Gasteiger partial charge in [0, 0.05) is 31.1 Å². The molecular formula is C14H22N4. The zero-order valence-corrected chi connectivity index (χ0v) is 11.5. The molecule has 0 aromatic carbocycles. The van der Waals surface area contributed by atoms with E-state index in [0.29, 0.717) is 18.0 Å². The second-order valence-corrected chi connectivity index (χ2v) is 5.97. The van der Waals surface area contributed by atoms with Gasteiger partial charge in [-0.3, -0.25) is 0 Å². The van der Waals surface area contributed by atoms with Crippen LogP contribution in [0.3, 0.4) is 0 Å². The Morgan fingerprint density at radius 3 is 2.17 bits per heavy atom. The molecule has 2 bridgehead atoms. The van der Waals surface area contributed by atoms with Gasteiger partial charge in [-0.1, -0.05) is 13.8 Å². The highest BCUT2D eigenvalue weighted by Gasteiger charge is 2.38. The molecule has 4 nitrogen and oxygen atoms in total. The first-order valence-corrected chi connectivity index (χ1v) is 6.94. The number of aromatic nitrogens is 2. The number of anilines is 1. The Hall–Kier alpha value is -1.16. The van der Waals surface area contributed by atoms with Gasteiger partial charge in [0.05, 0.1) is 18.1 Å². The number of likely N-dealkylation sites (tertiary alicyclic amines) is 1. The SMILES string of the molecule is CC(C)c1ncc(N2C3CCC2CN(C)C3)cn1. The molecule has 98 valence electrons. The van der Waals surface area contributed by atoms with Crippen molar-refractivity contribution in [3.63, 3.8) is 0 Å². The minimum absolute atomic E-state index is 0.406. The number of fused-ring (bicyclic) bond motifs is 2. The van der Waals surface area contributed by atoms with Crippen LogP contribution in [0.4, 0.5) is 5.69 Å². The molecular weight excluding hydrogens is 224 g/mol. The summed E-state index contributed by atoms with van der Waals surface area (Å²) in [6.07, 6.45) is 6.64. The highest BCUT2D eigenvalue weighted by atomic mass is 15.3. The van der Waals surface area contributed by atoms with Gasteiger partial charge >= 0.3 is 0 Å². The van der Waals surface area contributed by atoms with Gasteiger partial charge in [0.15, 0.2) is 0 Å². The molecule has 0 aliphatic carbocycles. The van der Waals surface area contributed by atoms with Gasteiger partial charge in [-0.25, -0.2) is 9.97 Å². The van der Waals surface area contributed by atoms with Gasteiger partial charge < -0.3 is 9.80 Å². The Kier molecular flexibility index (Phi) is 2.98. The molecule has 1 aromatic rings. The van der Waals surface area contributed by atoms with Crippen LogP contribution < -0.4 is 4.90 Å². The molecule has 0 amide bonds. The molecule has 2 aliphatic heterocycles. The molecule has 0 radical (unpaired) electrons. The zero-order chi connectivity index (χ0) is 12.7. The molecule has 2 atom stereocenters. The molecule has 1 aromatic heterocycles. The summed E-state index contributed by atoms with van der Waals surface area (Å²) in [5.41, 5.74) is 1.21. The van der Waals surface area contributed by atoms with E-state index in [9.17, 15) is 0 Å². The van der Waals surface area contributed by atoms with E-state index in [-0.39, 0.29) is 0 Å². The predicted octanol–water partition coefficient (Wildman–Crippen LogP) is 1.88. The first kappa shape index (κ1) is 11.9. The highest BCUT2D eigenvalue weighted by molar-refractivity contribution is 5.47. The summed E-state index contributed by atoms with van der Waals surface area (Å²) in [6.45, 7) is 6.61. The Morgan fingerprint density at radius 1 is 1.11 bits per heavy atom.